The van der Waals surface area contributed by atoms with E-state index in [0.717, 1.165) is 12.1 Å². The molecule has 0 bridgehead atoms. The van der Waals surface area contributed by atoms with Gasteiger partial charge in [-0.3, -0.25) is 9.59 Å². The van der Waals surface area contributed by atoms with Crippen molar-refractivity contribution in [2.45, 2.75) is 17.5 Å². The number of benzene rings is 1. The number of aromatic amines is 1. The molecule has 3 rings (SSSR count). The second kappa shape index (κ2) is 5.53. The fraction of sp³-hybridized carbons (Fsp3) is 0.214. The van der Waals surface area contributed by atoms with E-state index in [1.807, 2.05) is 0 Å². The molecular weight excluding hydrogens is 312 g/mol. The van der Waals surface area contributed by atoms with Crippen LogP contribution >= 0.6 is 11.8 Å². The van der Waals surface area contributed by atoms with Crippen LogP contribution in [0.2, 0.25) is 0 Å². The zero-order valence-corrected chi connectivity index (χ0v) is 12.3. The van der Waals surface area contributed by atoms with Gasteiger partial charge in [-0.05, 0) is 17.9 Å². The van der Waals surface area contributed by atoms with Crippen LogP contribution in [0, 0.1) is 11.6 Å². The van der Waals surface area contributed by atoms with Crippen molar-refractivity contribution < 1.29 is 13.6 Å². The number of fused-ring (bicyclic) bond motifs is 1. The highest BCUT2D eigenvalue weighted by Crippen LogP contribution is 2.35. The van der Waals surface area contributed by atoms with Crippen LogP contribution in [0.5, 0.6) is 0 Å². The molecule has 0 radical (unpaired) electrons. The molecule has 22 heavy (non-hydrogen) atoms. The standard InChI is InChI=1S/C14H11F2N3O2S/c1-22-14-18-12-11(13(21)19-14)8(5-10(20)17-12)7-3-2-6(15)4-9(7)16/h2-4,8H,5H2,1H3,(H2,17,18,19,20,21). The lowest BCUT2D eigenvalue weighted by Crippen LogP contribution is -2.31. The molecule has 2 N–H and O–H groups in total. The molecule has 8 heteroatoms. The predicted octanol–water partition coefficient (Wildman–Crippen LogP) is 2.24. The fourth-order valence-corrected chi connectivity index (χ4v) is 2.87. The Kier molecular flexibility index (Phi) is 3.69. The van der Waals surface area contributed by atoms with Gasteiger partial charge in [-0.2, -0.15) is 0 Å². The van der Waals surface area contributed by atoms with Crippen molar-refractivity contribution in [3.05, 3.63) is 51.3 Å². The molecule has 0 saturated carbocycles. The Balaban J connectivity index is 2.19. The summed E-state index contributed by atoms with van der Waals surface area (Å²) in [5.74, 6) is -2.55. The van der Waals surface area contributed by atoms with Crippen molar-refractivity contribution in [3.8, 4) is 0 Å². The van der Waals surface area contributed by atoms with E-state index in [-0.39, 0.29) is 29.3 Å². The first-order valence-corrected chi connectivity index (χ1v) is 7.65. The topological polar surface area (TPSA) is 74.8 Å². The molecule has 1 atom stereocenters. The van der Waals surface area contributed by atoms with Crippen LogP contribution in [-0.2, 0) is 4.79 Å². The molecule has 0 spiro atoms. The minimum Gasteiger partial charge on any atom is -0.310 e. The summed E-state index contributed by atoms with van der Waals surface area (Å²) in [4.78, 5) is 30.8. The van der Waals surface area contributed by atoms with Crippen molar-refractivity contribution in [1.29, 1.82) is 0 Å². The molecule has 1 aliphatic rings. The number of anilines is 1. The molecule has 1 aliphatic heterocycles. The Morgan fingerprint density at radius 2 is 2.09 bits per heavy atom. The first kappa shape index (κ1) is 14.7. The molecular formula is C14H11F2N3O2S. The van der Waals surface area contributed by atoms with Crippen molar-refractivity contribution in [1.82, 2.24) is 9.97 Å². The highest BCUT2D eigenvalue weighted by molar-refractivity contribution is 7.98. The minimum absolute atomic E-state index is 0.0983. The maximum atomic E-state index is 14.0. The Labute approximate surface area is 128 Å². The van der Waals surface area contributed by atoms with Gasteiger partial charge in [0.15, 0.2) is 5.16 Å². The van der Waals surface area contributed by atoms with Gasteiger partial charge in [-0.15, -0.1) is 0 Å². The maximum Gasteiger partial charge on any atom is 0.257 e. The maximum absolute atomic E-state index is 14.0. The third kappa shape index (κ3) is 2.50. The van der Waals surface area contributed by atoms with Crippen LogP contribution in [-0.4, -0.2) is 22.1 Å². The normalized spacial score (nSPS) is 17.0. The van der Waals surface area contributed by atoms with Crippen LogP contribution in [0.25, 0.3) is 0 Å². The molecule has 2 aromatic rings. The Bertz CT molecular complexity index is 822. The number of H-pyrrole nitrogens is 1. The van der Waals surface area contributed by atoms with Gasteiger partial charge in [0.25, 0.3) is 5.56 Å². The van der Waals surface area contributed by atoms with Gasteiger partial charge in [0.05, 0.1) is 5.56 Å². The second-order valence-corrected chi connectivity index (χ2v) is 5.60. The SMILES string of the molecule is CSc1nc2c(c(=O)[nH]1)C(c1ccc(F)cc1F)CC(=O)N2. The average Bonchev–Trinajstić information content (AvgIpc) is 2.45. The quantitative estimate of drug-likeness (QED) is 0.656. The van der Waals surface area contributed by atoms with E-state index in [2.05, 4.69) is 15.3 Å². The van der Waals surface area contributed by atoms with E-state index in [1.165, 1.54) is 17.8 Å². The summed E-state index contributed by atoms with van der Waals surface area (Å²) in [6.07, 6.45) is 1.63. The van der Waals surface area contributed by atoms with Crippen LogP contribution in [0.15, 0.2) is 28.2 Å². The fourth-order valence-electron chi connectivity index (χ4n) is 2.50. The van der Waals surface area contributed by atoms with Gasteiger partial charge in [0.1, 0.15) is 17.5 Å². The van der Waals surface area contributed by atoms with Crippen molar-refractivity contribution >= 4 is 23.5 Å². The lowest BCUT2D eigenvalue weighted by atomic mass is 9.86. The Morgan fingerprint density at radius 3 is 2.77 bits per heavy atom. The number of nitrogens with zero attached hydrogens (tertiary/aromatic N) is 1. The van der Waals surface area contributed by atoms with Gasteiger partial charge in [-0.1, -0.05) is 17.8 Å². The summed E-state index contributed by atoms with van der Waals surface area (Å²) in [6.45, 7) is 0. The van der Waals surface area contributed by atoms with E-state index in [9.17, 15) is 18.4 Å². The molecule has 1 aromatic carbocycles. The summed E-state index contributed by atoms with van der Waals surface area (Å²) in [7, 11) is 0. The third-order valence-electron chi connectivity index (χ3n) is 3.46. The van der Waals surface area contributed by atoms with E-state index in [0.29, 0.717) is 5.16 Å². The molecule has 0 aliphatic carbocycles. The average molecular weight is 323 g/mol. The summed E-state index contributed by atoms with van der Waals surface area (Å²) >= 11 is 1.22. The number of nitrogens with one attached hydrogen (secondary N) is 2. The van der Waals surface area contributed by atoms with Crippen LogP contribution in [0.4, 0.5) is 14.6 Å². The Hall–Kier alpha value is -2.22. The van der Waals surface area contributed by atoms with E-state index < -0.39 is 23.1 Å². The second-order valence-electron chi connectivity index (χ2n) is 4.81. The number of thioether (sulfide) groups is 1. The predicted molar refractivity (Wildman–Crippen MR) is 78.1 cm³/mol. The monoisotopic (exact) mass is 323 g/mol. The number of carbonyl (C=O) groups is 1. The summed E-state index contributed by atoms with van der Waals surface area (Å²) < 4.78 is 27.1. The minimum atomic E-state index is -0.795. The largest absolute Gasteiger partial charge is 0.310 e. The van der Waals surface area contributed by atoms with Gasteiger partial charge >= 0.3 is 0 Å². The number of amides is 1. The third-order valence-corrected chi connectivity index (χ3v) is 4.04. The van der Waals surface area contributed by atoms with Crippen molar-refractivity contribution in [2.75, 3.05) is 11.6 Å². The molecule has 114 valence electrons. The van der Waals surface area contributed by atoms with Crippen LogP contribution in [0.3, 0.4) is 0 Å². The number of halogens is 2. The molecule has 1 aromatic heterocycles. The zero-order chi connectivity index (χ0) is 15.9. The lowest BCUT2D eigenvalue weighted by Gasteiger charge is -2.24. The van der Waals surface area contributed by atoms with Gasteiger partial charge in [0.2, 0.25) is 5.91 Å². The molecule has 1 unspecified atom stereocenters. The van der Waals surface area contributed by atoms with Gasteiger partial charge < -0.3 is 10.3 Å². The van der Waals surface area contributed by atoms with Crippen LogP contribution in [0.1, 0.15) is 23.5 Å². The first-order chi connectivity index (χ1) is 10.5. The molecule has 1 amide bonds. The Morgan fingerprint density at radius 1 is 1.32 bits per heavy atom. The van der Waals surface area contributed by atoms with Crippen LogP contribution < -0.4 is 10.9 Å². The summed E-state index contributed by atoms with van der Waals surface area (Å²) in [5.41, 5.74) is -0.160. The molecule has 0 saturated heterocycles. The number of hydrogen-bond donors (Lipinski definition) is 2. The lowest BCUT2D eigenvalue weighted by molar-refractivity contribution is -0.116. The van der Waals surface area contributed by atoms with E-state index >= 15 is 0 Å². The number of rotatable bonds is 2. The van der Waals surface area contributed by atoms with Gasteiger partial charge in [-0.25, -0.2) is 13.8 Å². The van der Waals surface area contributed by atoms with E-state index in [1.54, 1.807) is 6.26 Å². The molecule has 0 fully saturated rings. The highest BCUT2D eigenvalue weighted by Gasteiger charge is 2.32. The van der Waals surface area contributed by atoms with E-state index in [4.69, 9.17) is 0 Å². The first-order valence-electron chi connectivity index (χ1n) is 6.42. The number of hydrogen-bond acceptors (Lipinski definition) is 4. The highest BCUT2D eigenvalue weighted by atomic mass is 32.2. The smallest absolute Gasteiger partial charge is 0.257 e. The molecule has 5 nitrogen and oxygen atoms in total. The summed E-state index contributed by atoms with van der Waals surface area (Å²) in [5, 5.41) is 2.88. The van der Waals surface area contributed by atoms with Gasteiger partial charge in [0, 0.05) is 18.4 Å². The number of carbonyl (C=O) groups excluding carboxylic acids is 1. The van der Waals surface area contributed by atoms with Crippen molar-refractivity contribution in [2.24, 2.45) is 0 Å². The molecule has 2 heterocycles. The summed E-state index contributed by atoms with van der Waals surface area (Å²) in [6, 6.07) is 3.08. The zero-order valence-electron chi connectivity index (χ0n) is 11.4. The number of aromatic nitrogens is 2. The van der Waals surface area contributed by atoms with Crippen molar-refractivity contribution in [3.63, 3.8) is 0 Å².